The van der Waals surface area contributed by atoms with E-state index in [1.807, 2.05) is 4.90 Å². The molecule has 0 radical (unpaired) electrons. The molecule has 6 nitrogen and oxygen atoms in total. The van der Waals surface area contributed by atoms with Crippen LogP contribution < -0.4 is 5.48 Å². The lowest BCUT2D eigenvalue weighted by molar-refractivity contribution is -0.132. The van der Waals surface area contributed by atoms with E-state index in [4.69, 9.17) is 5.21 Å². The molecule has 0 aliphatic carbocycles. The third-order valence-corrected chi connectivity index (χ3v) is 4.96. The highest BCUT2D eigenvalue weighted by Crippen LogP contribution is 2.28. The van der Waals surface area contributed by atoms with Crippen LogP contribution in [0.4, 0.5) is 4.39 Å². The molecule has 0 atom stereocenters. The molecule has 2 heterocycles. The van der Waals surface area contributed by atoms with Crippen LogP contribution in [-0.4, -0.2) is 33.5 Å². The number of H-pyrrole nitrogens is 1. The fraction of sp³-hybridized carbons (Fsp3) is 0.474. The van der Waals surface area contributed by atoms with Crippen LogP contribution >= 0.6 is 0 Å². The van der Waals surface area contributed by atoms with E-state index in [0.29, 0.717) is 32.4 Å². The maximum Gasteiger partial charge on any atom is 0.243 e. The van der Waals surface area contributed by atoms with Crippen molar-refractivity contribution in [2.24, 2.45) is 0 Å². The molecule has 0 saturated carbocycles. The number of hydrogen-bond acceptors (Lipinski definition) is 3. The van der Waals surface area contributed by atoms with Gasteiger partial charge in [0.05, 0.1) is 0 Å². The molecule has 0 unspecified atom stereocenters. The number of hydrogen-bond donors (Lipinski definition) is 3. The number of fused-ring (bicyclic) bond motifs is 3. The number of aromatic nitrogens is 1. The third kappa shape index (κ3) is 4.22. The van der Waals surface area contributed by atoms with Gasteiger partial charge in [-0.3, -0.25) is 14.8 Å². The third-order valence-electron chi connectivity index (χ3n) is 4.96. The number of carbonyl (C=O) groups is 2. The van der Waals surface area contributed by atoms with Crippen LogP contribution in [-0.2, 0) is 22.6 Å². The predicted molar refractivity (Wildman–Crippen MR) is 95.0 cm³/mol. The summed E-state index contributed by atoms with van der Waals surface area (Å²) in [6.45, 7) is 1.24. The van der Waals surface area contributed by atoms with E-state index >= 15 is 0 Å². The average Bonchev–Trinajstić information content (AvgIpc) is 3.00. The second-order valence-electron chi connectivity index (χ2n) is 6.79. The average molecular weight is 361 g/mol. The van der Waals surface area contributed by atoms with E-state index in [1.54, 1.807) is 11.5 Å². The van der Waals surface area contributed by atoms with Crippen molar-refractivity contribution in [3.05, 3.63) is 35.3 Å². The zero-order valence-electron chi connectivity index (χ0n) is 14.7. The van der Waals surface area contributed by atoms with Crippen LogP contribution in [0.15, 0.2) is 18.2 Å². The molecule has 0 fully saturated rings. The van der Waals surface area contributed by atoms with Crippen molar-refractivity contribution in [3.8, 4) is 0 Å². The van der Waals surface area contributed by atoms with Gasteiger partial charge < -0.3 is 9.88 Å². The van der Waals surface area contributed by atoms with Gasteiger partial charge in [-0.15, -0.1) is 0 Å². The lowest BCUT2D eigenvalue weighted by atomic mass is 10.0. The number of unbranched alkanes of at least 4 members (excludes halogenated alkanes) is 3. The van der Waals surface area contributed by atoms with Crippen molar-refractivity contribution in [2.75, 3.05) is 6.54 Å². The van der Waals surface area contributed by atoms with Crippen LogP contribution in [0.3, 0.4) is 0 Å². The van der Waals surface area contributed by atoms with E-state index in [-0.39, 0.29) is 17.6 Å². The first-order valence-electron chi connectivity index (χ1n) is 9.08. The number of benzene rings is 1. The normalized spacial score (nSPS) is 13.7. The van der Waals surface area contributed by atoms with E-state index in [0.717, 1.165) is 47.8 Å². The van der Waals surface area contributed by atoms with E-state index in [9.17, 15) is 14.0 Å². The fourth-order valence-corrected chi connectivity index (χ4v) is 3.54. The van der Waals surface area contributed by atoms with Gasteiger partial charge in [0, 0.05) is 54.5 Å². The minimum Gasteiger partial charge on any atom is -0.358 e. The van der Waals surface area contributed by atoms with Crippen LogP contribution in [0.5, 0.6) is 0 Å². The Morgan fingerprint density at radius 1 is 1.19 bits per heavy atom. The summed E-state index contributed by atoms with van der Waals surface area (Å²) in [4.78, 5) is 28.5. The summed E-state index contributed by atoms with van der Waals surface area (Å²) in [7, 11) is 0. The zero-order valence-corrected chi connectivity index (χ0v) is 14.7. The van der Waals surface area contributed by atoms with Crippen molar-refractivity contribution < 1.29 is 19.2 Å². The van der Waals surface area contributed by atoms with Gasteiger partial charge in [0.25, 0.3) is 0 Å². The highest BCUT2D eigenvalue weighted by Gasteiger charge is 2.23. The molecule has 1 aliphatic rings. The summed E-state index contributed by atoms with van der Waals surface area (Å²) in [6.07, 6.45) is 4.81. The van der Waals surface area contributed by atoms with Gasteiger partial charge in [-0.1, -0.05) is 12.8 Å². The summed E-state index contributed by atoms with van der Waals surface area (Å²) >= 11 is 0. The van der Waals surface area contributed by atoms with E-state index < -0.39 is 0 Å². The molecule has 0 saturated heterocycles. The monoisotopic (exact) mass is 361 g/mol. The first kappa shape index (κ1) is 18.4. The van der Waals surface area contributed by atoms with Crippen LogP contribution in [0.2, 0.25) is 0 Å². The maximum atomic E-state index is 13.4. The second-order valence-corrected chi connectivity index (χ2v) is 6.79. The van der Waals surface area contributed by atoms with Gasteiger partial charge in [-0.2, -0.15) is 0 Å². The topological polar surface area (TPSA) is 85.4 Å². The molecule has 7 heteroatoms. The standard InChI is InChI=1S/C19H24FN3O3/c20-13-7-8-14-15-12-23(10-9-16(15)21-17(14)11-13)19(25)6-4-2-1-3-5-18(24)22-26/h7-8,11,21,26H,1-6,9-10,12H2,(H,22,24). The number of nitrogens with zero attached hydrogens (tertiary/aromatic N) is 1. The zero-order chi connectivity index (χ0) is 18.5. The molecule has 26 heavy (non-hydrogen) atoms. The molecule has 0 spiro atoms. The molecule has 3 rings (SSSR count). The molecule has 2 amide bonds. The Kier molecular flexibility index (Phi) is 5.88. The highest BCUT2D eigenvalue weighted by molar-refractivity contribution is 5.86. The Balaban J connectivity index is 1.48. The molecule has 2 aromatic rings. The molecule has 0 bridgehead atoms. The second kappa shape index (κ2) is 8.31. The lowest BCUT2D eigenvalue weighted by Crippen LogP contribution is -2.35. The Morgan fingerprint density at radius 3 is 2.73 bits per heavy atom. The number of amides is 2. The molecule has 1 aromatic carbocycles. The van der Waals surface area contributed by atoms with Gasteiger partial charge in [-0.05, 0) is 31.0 Å². The lowest BCUT2D eigenvalue weighted by Gasteiger charge is -2.27. The number of aromatic amines is 1. The fourth-order valence-electron chi connectivity index (χ4n) is 3.54. The van der Waals surface area contributed by atoms with Crippen molar-refractivity contribution in [1.82, 2.24) is 15.4 Å². The largest absolute Gasteiger partial charge is 0.358 e. The quantitative estimate of drug-likeness (QED) is 0.402. The summed E-state index contributed by atoms with van der Waals surface area (Å²) in [5, 5.41) is 9.40. The maximum absolute atomic E-state index is 13.4. The number of halogens is 1. The molecule has 140 valence electrons. The molecule has 3 N–H and O–H groups in total. The highest BCUT2D eigenvalue weighted by atomic mass is 19.1. The van der Waals surface area contributed by atoms with E-state index in [2.05, 4.69) is 4.98 Å². The number of carbonyl (C=O) groups excluding carboxylic acids is 2. The van der Waals surface area contributed by atoms with Gasteiger partial charge in [0.2, 0.25) is 11.8 Å². The smallest absolute Gasteiger partial charge is 0.243 e. The Hall–Kier alpha value is -2.41. The van der Waals surface area contributed by atoms with Gasteiger partial charge >= 0.3 is 0 Å². The van der Waals surface area contributed by atoms with Crippen LogP contribution in [0.25, 0.3) is 10.9 Å². The Bertz CT molecular complexity index is 803. The van der Waals surface area contributed by atoms with Gasteiger partial charge in [-0.25, -0.2) is 9.87 Å². The molecular weight excluding hydrogens is 337 g/mol. The number of hydroxylamine groups is 1. The SMILES string of the molecule is O=C(CCCCCCC(=O)N1CCc2[nH]c3cc(F)ccc3c2C1)NO. The first-order chi connectivity index (χ1) is 12.6. The van der Waals surface area contributed by atoms with Crippen molar-refractivity contribution >= 4 is 22.7 Å². The Morgan fingerprint density at radius 2 is 1.96 bits per heavy atom. The Labute approximate surface area is 151 Å². The number of nitrogens with one attached hydrogen (secondary N) is 2. The summed E-state index contributed by atoms with van der Waals surface area (Å²) < 4.78 is 13.4. The molecule has 1 aromatic heterocycles. The van der Waals surface area contributed by atoms with E-state index in [1.165, 1.54) is 12.1 Å². The summed E-state index contributed by atoms with van der Waals surface area (Å²) in [5.41, 5.74) is 4.59. The van der Waals surface area contributed by atoms with Gasteiger partial charge in [0.15, 0.2) is 0 Å². The van der Waals surface area contributed by atoms with Crippen molar-refractivity contribution in [2.45, 2.75) is 51.5 Å². The van der Waals surface area contributed by atoms with Crippen LogP contribution in [0, 0.1) is 5.82 Å². The van der Waals surface area contributed by atoms with Crippen molar-refractivity contribution in [1.29, 1.82) is 0 Å². The summed E-state index contributed by atoms with van der Waals surface area (Å²) in [5.74, 6) is -0.496. The minimum absolute atomic E-state index is 0.139. The first-order valence-corrected chi connectivity index (χ1v) is 9.08. The summed E-state index contributed by atoms with van der Waals surface area (Å²) in [6, 6.07) is 4.72. The van der Waals surface area contributed by atoms with Crippen LogP contribution in [0.1, 0.15) is 49.8 Å². The predicted octanol–water partition coefficient (Wildman–Crippen LogP) is 3.04. The van der Waals surface area contributed by atoms with Gasteiger partial charge in [0.1, 0.15) is 5.82 Å². The minimum atomic E-state index is -0.371. The number of rotatable bonds is 7. The molecular formula is C19H24FN3O3. The molecule has 1 aliphatic heterocycles. The van der Waals surface area contributed by atoms with Crippen molar-refractivity contribution in [3.63, 3.8) is 0 Å².